The van der Waals surface area contributed by atoms with Gasteiger partial charge in [0, 0.05) is 51.5 Å². The molecule has 4 rings (SSSR count). The number of amides is 2. The summed E-state index contributed by atoms with van der Waals surface area (Å²) >= 11 is 12.7. The predicted molar refractivity (Wildman–Crippen MR) is 145 cm³/mol. The third kappa shape index (κ3) is 6.07. The molecule has 2 aliphatic heterocycles. The number of anilines is 1. The van der Waals surface area contributed by atoms with Crippen molar-refractivity contribution in [3.05, 3.63) is 63.4 Å². The highest BCUT2D eigenvalue weighted by atomic mass is 35.5. The van der Waals surface area contributed by atoms with Crippen LogP contribution in [-0.4, -0.2) is 95.2 Å². The van der Waals surface area contributed by atoms with Crippen molar-refractivity contribution in [2.75, 3.05) is 51.7 Å². The van der Waals surface area contributed by atoms with E-state index < -0.39 is 17.3 Å². The summed E-state index contributed by atoms with van der Waals surface area (Å²) in [5.41, 5.74) is -0.595. The summed E-state index contributed by atoms with van der Waals surface area (Å²) in [6, 6.07) is 9.40. The van der Waals surface area contributed by atoms with Gasteiger partial charge in [0.25, 0.3) is 11.8 Å². The number of carbonyl (C=O) groups is 2. The molecule has 8 nitrogen and oxygen atoms in total. The smallest absolute Gasteiger partial charge is 0.258 e. The van der Waals surface area contributed by atoms with Gasteiger partial charge in [0.05, 0.1) is 28.3 Å². The number of carbonyl (C=O) groups excluding carboxylic acids is 2. The lowest BCUT2D eigenvalue weighted by atomic mass is 9.92. The van der Waals surface area contributed by atoms with Crippen molar-refractivity contribution < 1.29 is 24.2 Å². The molecular formula is C27H33Cl2FN4O4. The molecule has 0 unspecified atom stereocenters. The average molecular weight is 567 g/mol. The second kappa shape index (κ2) is 11.8. The summed E-state index contributed by atoms with van der Waals surface area (Å²) in [5.74, 6) is -1.25. The van der Waals surface area contributed by atoms with Crippen LogP contribution in [0.25, 0.3) is 0 Å². The molecule has 0 spiro atoms. The predicted octanol–water partition coefficient (Wildman–Crippen LogP) is 3.19. The number of nitrogens with zero attached hydrogens (tertiary/aromatic N) is 3. The molecule has 2 aromatic carbocycles. The summed E-state index contributed by atoms with van der Waals surface area (Å²) < 4.78 is 13.6. The molecule has 0 bridgehead atoms. The van der Waals surface area contributed by atoms with Crippen molar-refractivity contribution in [2.45, 2.75) is 37.5 Å². The maximum absolute atomic E-state index is 13.6. The minimum Gasteiger partial charge on any atom is -0.395 e. The van der Waals surface area contributed by atoms with E-state index in [4.69, 9.17) is 28.3 Å². The number of aliphatic hydroxyl groups excluding tert-OH is 1. The van der Waals surface area contributed by atoms with Crippen molar-refractivity contribution in [3.63, 3.8) is 0 Å². The molecule has 0 saturated carbocycles. The summed E-state index contributed by atoms with van der Waals surface area (Å²) in [5, 5.41) is 23.8. The van der Waals surface area contributed by atoms with Crippen molar-refractivity contribution in [1.82, 2.24) is 14.7 Å². The topological polar surface area (TPSA) is 96.4 Å². The molecule has 0 aromatic heterocycles. The van der Waals surface area contributed by atoms with E-state index in [1.165, 1.54) is 30.0 Å². The molecule has 2 heterocycles. The largest absolute Gasteiger partial charge is 0.395 e. The van der Waals surface area contributed by atoms with E-state index in [1.807, 2.05) is 0 Å². The van der Waals surface area contributed by atoms with E-state index in [9.17, 15) is 19.1 Å². The Balaban J connectivity index is 1.27. The molecule has 38 heavy (non-hydrogen) atoms. The van der Waals surface area contributed by atoms with Crippen molar-refractivity contribution in [3.8, 4) is 0 Å². The number of benzene rings is 2. The molecule has 2 saturated heterocycles. The van der Waals surface area contributed by atoms with E-state index in [2.05, 4.69) is 10.2 Å². The third-order valence-electron chi connectivity index (χ3n) is 7.39. The van der Waals surface area contributed by atoms with Gasteiger partial charge in [-0.15, -0.1) is 0 Å². The molecule has 1 atom stereocenters. The Morgan fingerprint density at radius 3 is 2.37 bits per heavy atom. The maximum Gasteiger partial charge on any atom is 0.258 e. The minimum absolute atomic E-state index is 0.152. The number of hydrogen-bond acceptors (Lipinski definition) is 6. The first-order valence-electron chi connectivity index (χ1n) is 12.6. The van der Waals surface area contributed by atoms with Gasteiger partial charge in [0.2, 0.25) is 0 Å². The number of piperidine rings is 1. The minimum atomic E-state index is -1.78. The van der Waals surface area contributed by atoms with E-state index >= 15 is 0 Å². The Kier molecular flexibility index (Phi) is 8.84. The molecule has 2 amide bonds. The van der Waals surface area contributed by atoms with Crippen LogP contribution in [0.1, 0.15) is 35.7 Å². The summed E-state index contributed by atoms with van der Waals surface area (Å²) in [6.07, 6.45) is 1.57. The van der Waals surface area contributed by atoms with Crippen LogP contribution in [0.2, 0.25) is 10.0 Å². The number of nitrogens with one attached hydrogen (secondary N) is 1. The Hall–Kier alpha value is -2.43. The Morgan fingerprint density at radius 2 is 1.79 bits per heavy atom. The maximum atomic E-state index is 13.6. The lowest BCUT2D eigenvalue weighted by Gasteiger charge is -2.48. The van der Waals surface area contributed by atoms with Gasteiger partial charge in [-0.05, 0) is 49.6 Å². The summed E-state index contributed by atoms with van der Waals surface area (Å²) in [6.45, 7) is 4.12. The SMILES string of the molecule is CN(CCO)C(=O)c1c(Cl)cc(NC2CN(C3CCN(C(=O)[C@@](C)(O)c4cccc(F)c4)CC3)C2)cc1Cl. The van der Waals surface area contributed by atoms with Gasteiger partial charge in [-0.25, -0.2) is 4.39 Å². The highest BCUT2D eigenvalue weighted by molar-refractivity contribution is 6.40. The molecule has 0 aliphatic carbocycles. The molecule has 3 N–H and O–H groups in total. The zero-order valence-electron chi connectivity index (χ0n) is 21.5. The fourth-order valence-electron chi connectivity index (χ4n) is 5.10. The van der Waals surface area contributed by atoms with E-state index in [0.29, 0.717) is 19.1 Å². The Morgan fingerprint density at radius 1 is 1.16 bits per heavy atom. The van der Waals surface area contributed by atoms with Crippen LogP contribution >= 0.6 is 23.2 Å². The molecule has 2 aromatic rings. The van der Waals surface area contributed by atoms with Crippen LogP contribution in [0.3, 0.4) is 0 Å². The number of rotatable bonds is 8. The fraction of sp³-hybridized carbons (Fsp3) is 0.481. The Bertz CT molecular complexity index is 1160. The zero-order valence-corrected chi connectivity index (χ0v) is 23.0. The summed E-state index contributed by atoms with van der Waals surface area (Å²) in [7, 11) is 1.58. The molecule has 206 valence electrons. The van der Waals surface area contributed by atoms with Crippen LogP contribution in [0, 0.1) is 5.82 Å². The van der Waals surface area contributed by atoms with Crippen LogP contribution in [0.4, 0.5) is 10.1 Å². The first-order chi connectivity index (χ1) is 18.0. The number of likely N-dealkylation sites (N-methyl/N-ethyl adjacent to an activating group) is 1. The third-order valence-corrected chi connectivity index (χ3v) is 7.99. The number of likely N-dealkylation sites (tertiary alicyclic amines) is 2. The average Bonchev–Trinajstić information content (AvgIpc) is 2.85. The van der Waals surface area contributed by atoms with Crippen LogP contribution in [0.15, 0.2) is 36.4 Å². The van der Waals surface area contributed by atoms with Gasteiger partial charge in [0.1, 0.15) is 5.82 Å². The standard InChI is InChI=1S/C27H33Cl2FN4O4/c1-27(38,17-4-3-5-18(30)12-17)26(37)33-8-6-21(7-9-33)34-15-20(16-34)31-19-13-22(28)24(23(29)14-19)25(36)32(2)10-11-35/h3-5,12-14,20-21,31,35,38H,6-11,15-16H2,1-2H3/t27-/m0/s1. The van der Waals surface area contributed by atoms with E-state index in [1.54, 1.807) is 30.1 Å². The van der Waals surface area contributed by atoms with E-state index in [0.717, 1.165) is 31.6 Å². The Labute approximate surface area is 231 Å². The number of halogens is 3. The van der Waals surface area contributed by atoms with Crippen LogP contribution in [0.5, 0.6) is 0 Å². The van der Waals surface area contributed by atoms with Crippen LogP contribution < -0.4 is 5.32 Å². The zero-order chi connectivity index (χ0) is 27.6. The van der Waals surface area contributed by atoms with Gasteiger partial charge in [0.15, 0.2) is 5.60 Å². The lowest BCUT2D eigenvalue weighted by molar-refractivity contribution is -0.152. The van der Waals surface area contributed by atoms with Gasteiger partial charge < -0.3 is 25.3 Å². The van der Waals surface area contributed by atoms with Crippen molar-refractivity contribution >= 4 is 40.7 Å². The highest BCUT2D eigenvalue weighted by Gasteiger charge is 2.40. The van der Waals surface area contributed by atoms with Gasteiger partial charge in [-0.2, -0.15) is 0 Å². The van der Waals surface area contributed by atoms with Crippen molar-refractivity contribution in [2.24, 2.45) is 0 Å². The first-order valence-corrected chi connectivity index (χ1v) is 13.4. The molecular weight excluding hydrogens is 534 g/mol. The summed E-state index contributed by atoms with van der Waals surface area (Å²) in [4.78, 5) is 31.0. The molecule has 11 heteroatoms. The molecule has 2 aliphatic rings. The number of aliphatic hydroxyl groups is 2. The molecule has 0 radical (unpaired) electrons. The second-order valence-corrected chi connectivity index (χ2v) is 11.0. The van der Waals surface area contributed by atoms with E-state index in [-0.39, 0.29) is 46.3 Å². The first kappa shape index (κ1) is 28.6. The molecule has 2 fully saturated rings. The quantitative estimate of drug-likeness (QED) is 0.454. The van der Waals surface area contributed by atoms with Gasteiger partial charge in [-0.1, -0.05) is 35.3 Å². The van der Waals surface area contributed by atoms with Crippen LogP contribution in [-0.2, 0) is 10.4 Å². The highest BCUT2D eigenvalue weighted by Crippen LogP contribution is 2.32. The monoisotopic (exact) mass is 566 g/mol. The van der Waals surface area contributed by atoms with Crippen molar-refractivity contribution in [1.29, 1.82) is 0 Å². The van der Waals surface area contributed by atoms with Gasteiger partial charge >= 0.3 is 0 Å². The number of hydrogen-bond donors (Lipinski definition) is 3. The van der Waals surface area contributed by atoms with Gasteiger partial charge in [-0.3, -0.25) is 14.5 Å². The fourth-order valence-corrected chi connectivity index (χ4v) is 5.75. The second-order valence-electron chi connectivity index (χ2n) is 10.2. The lowest BCUT2D eigenvalue weighted by Crippen LogP contribution is -2.61. The normalized spacial score (nSPS) is 18.6.